The number of hydrogen-bond donors (Lipinski definition) is 1. The molecule has 3 aromatic carbocycles. The number of ether oxygens (including phenoxy) is 1. The van der Waals surface area contributed by atoms with Gasteiger partial charge in [-0.25, -0.2) is 0 Å². The first-order chi connectivity index (χ1) is 19.0. The first-order valence-electron chi connectivity index (χ1n) is 13.9. The van der Waals surface area contributed by atoms with E-state index in [9.17, 15) is 14.7 Å². The zero-order chi connectivity index (χ0) is 27.2. The third kappa shape index (κ3) is 6.23. The second kappa shape index (κ2) is 12.1. The minimum absolute atomic E-state index is 0.0521. The molecule has 0 aromatic heterocycles. The quantitative estimate of drug-likeness (QED) is 0.432. The van der Waals surface area contributed by atoms with Gasteiger partial charge in [-0.1, -0.05) is 72.8 Å². The van der Waals surface area contributed by atoms with Gasteiger partial charge in [0.15, 0.2) is 0 Å². The van der Waals surface area contributed by atoms with Gasteiger partial charge in [0, 0.05) is 44.9 Å². The van der Waals surface area contributed by atoms with Crippen molar-refractivity contribution in [1.29, 1.82) is 0 Å². The third-order valence-corrected chi connectivity index (χ3v) is 8.48. The van der Waals surface area contributed by atoms with Crippen molar-refractivity contribution in [3.63, 3.8) is 0 Å². The van der Waals surface area contributed by atoms with Gasteiger partial charge in [0.25, 0.3) is 0 Å². The third-order valence-electron chi connectivity index (χ3n) is 8.48. The number of Topliss-reactive ketones (excluding diaryl/α,β-unsaturated/α-hetero) is 1. The number of ketones is 1. The normalized spacial score (nSPS) is 23.2. The summed E-state index contributed by atoms with van der Waals surface area (Å²) in [5, 5.41) is 11.0. The average Bonchev–Trinajstić information content (AvgIpc) is 2.96. The lowest BCUT2D eigenvalue weighted by molar-refractivity contribution is -0.159. The molecule has 2 aliphatic rings. The average molecular weight is 527 g/mol. The molecule has 0 spiro atoms. The molecular weight excluding hydrogens is 488 g/mol. The summed E-state index contributed by atoms with van der Waals surface area (Å²) in [5.41, 5.74) is 2.35. The second-order valence-electron chi connectivity index (χ2n) is 11.0. The molecule has 1 aliphatic carbocycles. The van der Waals surface area contributed by atoms with E-state index in [2.05, 4.69) is 17.0 Å². The molecule has 1 saturated carbocycles. The molecular formula is C33H38N2O4. The fourth-order valence-corrected chi connectivity index (χ4v) is 6.41. The Labute approximate surface area is 231 Å². The lowest BCUT2D eigenvalue weighted by Crippen LogP contribution is -2.60. The number of aliphatic hydroxyl groups is 1. The second-order valence-corrected chi connectivity index (χ2v) is 11.0. The maximum atomic E-state index is 14.2. The lowest BCUT2D eigenvalue weighted by atomic mass is 9.59. The molecule has 6 nitrogen and oxygen atoms in total. The van der Waals surface area contributed by atoms with Gasteiger partial charge in [-0.05, 0) is 48.2 Å². The molecule has 0 unspecified atom stereocenters. The Morgan fingerprint density at radius 2 is 1.54 bits per heavy atom. The van der Waals surface area contributed by atoms with E-state index in [1.165, 1.54) is 5.56 Å². The van der Waals surface area contributed by atoms with Gasteiger partial charge in [0.1, 0.15) is 11.5 Å². The highest BCUT2D eigenvalue weighted by molar-refractivity contribution is 5.92. The van der Waals surface area contributed by atoms with Crippen LogP contribution in [0, 0.1) is 11.3 Å². The van der Waals surface area contributed by atoms with Gasteiger partial charge in [-0.3, -0.25) is 14.5 Å². The van der Waals surface area contributed by atoms with Gasteiger partial charge in [-0.15, -0.1) is 0 Å². The number of amides is 1. The number of carbonyl (C=O) groups excluding carboxylic acids is 2. The Morgan fingerprint density at radius 1 is 0.923 bits per heavy atom. The maximum Gasteiger partial charge on any atom is 0.224 e. The molecule has 6 heteroatoms. The van der Waals surface area contributed by atoms with Crippen molar-refractivity contribution < 1.29 is 19.4 Å². The van der Waals surface area contributed by atoms with E-state index >= 15 is 0 Å². The fraction of sp³-hybridized carbons (Fsp3) is 0.394. The topological polar surface area (TPSA) is 70.1 Å². The Bertz CT molecular complexity index is 1250. The first-order valence-corrected chi connectivity index (χ1v) is 13.9. The van der Waals surface area contributed by atoms with Crippen LogP contribution in [0.25, 0.3) is 0 Å². The fourth-order valence-electron chi connectivity index (χ4n) is 6.41. The van der Waals surface area contributed by atoms with E-state index in [1.807, 2.05) is 77.7 Å². The summed E-state index contributed by atoms with van der Waals surface area (Å²) < 4.78 is 5.30. The number of fused-ring (bicyclic) bond motifs is 1. The van der Waals surface area contributed by atoms with Crippen molar-refractivity contribution in [3.8, 4) is 5.75 Å². The van der Waals surface area contributed by atoms with Crippen molar-refractivity contribution >= 4 is 11.7 Å². The largest absolute Gasteiger partial charge is 0.497 e. The number of aliphatic hydroxyl groups excluding tert-OH is 1. The summed E-state index contributed by atoms with van der Waals surface area (Å²) in [7, 11) is 1.64. The van der Waals surface area contributed by atoms with Crippen LogP contribution in [0.15, 0.2) is 84.9 Å². The number of likely N-dealkylation sites (tertiary alicyclic amines) is 1. The van der Waals surface area contributed by atoms with E-state index in [4.69, 9.17) is 4.74 Å². The van der Waals surface area contributed by atoms with E-state index in [-0.39, 0.29) is 24.0 Å². The monoisotopic (exact) mass is 526 g/mol. The molecule has 0 radical (unpaired) electrons. The standard InChI is InChI=1S/C33H38N2O4/c1-39-28-14-12-27(13-15-28)23-35(22-26-10-6-3-7-11-26)32(38)20-33-24-34(21-25-8-4-2-5-9-25)19-18-29(33)30(36)16-17-31(33)37/h2-15,29-30,36H,16-24H2,1H3/t29-,30+,33-/m0/s1. The minimum Gasteiger partial charge on any atom is -0.497 e. The molecule has 1 N–H and O–H groups in total. The molecule has 3 aromatic rings. The van der Waals surface area contributed by atoms with Gasteiger partial charge in [0.05, 0.1) is 18.6 Å². The summed E-state index contributed by atoms with van der Waals surface area (Å²) >= 11 is 0. The SMILES string of the molecule is COc1ccc(CN(Cc2ccccc2)C(=O)C[C@]23CN(Cc4ccccc4)CC[C@H]2[C@H](O)CCC3=O)cc1. The van der Waals surface area contributed by atoms with Gasteiger partial charge < -0.3 is 14.7 Å². The summed E-state index contributed by atoms with van der Waals surface area (Å²) in [4.78, 5) is 32.0. The van der Waals surface area contributed by atoms with Crippen LogP contribution in [-0.2, 0) is 29.2 Å². The van der Waals surface area contributed by atoms with E-state index in [0.717, 1.165) is 30.0 Å². The van der Waals surface area contributed by atoms with Gasteiger partial charge >= 0.3 is 0 Å². The van der Waals surface area contributed by atoms with Crippen LogP contribution in [0.3, 0.4) is 0 Å². The molecule has 204 valence electrons. The number of benzene rings is 3. The molecule has 1 saturated heterocycles. The Morgan fingerprint density at radius 3 is 2.18 bits per heavy atom. The maximum absolute atomic E-state index is 14.2. The number of carbonyl (C=O) groups is 2. The molecule has 2 fully saturated rings. The number of rotatable bonds is 9. The predicted molar refractivity (Wildman–Crippen MR) is 151 cm³/mol. The van der Waals surface area contributed by atoms with E-state index in [1.54, 1.807) is 7.11 Å². The van der Waals surface area contributed by atoms with E-state index in [0.29, 0.717) is 38.9 Å². The summed E-state index contributed by atoms with van der Waals surface area (Å²) in [6.45, 7) is 2.92. The highest BCUT2D eigenvalue weighted by Crippen LogP contribution is 2.47. The van der Waals surface area contributed by atoms with Gasteiger partial charge in [-0.2, -0.15) is 0 Å². The van der Waals surface area contributed by atoms with Crippen molar-refractivity contribution in [2.24, 2.45) is 11.3 Å². The molecule has 0 bridgehead atoms. The highest BCUT2D eigenvalue weighted by atomic mass is 16.5. The summed E-state index contributed by atoms with van der Waals surface area (Å²) in [6.07, 6.45) is 1.07. The van der Waals surface area contributed by atoms with Crippen molar-refractivity contribution in [2.45, 2.75) is 51.4 Å². The number of hydrogen-bond acceptors (Lipinski definition) is 5. The zero-order valence-corrected chi connectivity index (χ0v) is 22.7. The number of nitrogens with zero attached hydrogens (tertiary/aromatic N) is 2. The van der Waals surface area contributed by atoms with Crippen molar-refractivity contribution in [1.82, 2.24) is 9.80 Å². The first kappa shape index (κ1) is 27.1. The summed E-state index contributed by atoms with van der Waals surface area (Å²) in [6, 6.07) is 28.0. The van der Waals surface area contributed by atoms with Crippen molar-refractivity contribution in [2.75, 3.05) is 20.2 Å². The van der Waals surface area contributed by atoms with Crippen LogP contribution in [0.5, 0.6) is 5.75 Å². The molecule has 1 heterocycles. The smallest absolute Gasteiger partial charge is 0.224 e. The minimum atomic E-state index is -0.878. The molecule has 1 amide bonds. The van der Waals surface area contributed by atoms with Crippen LogP contribution in [0.1, 0.15) is 42.4 Å². The summed E-state index contributed by atoms with van der Waals surface area (Å²) in [5.74, 6) is 0.634. The molecule has 39 heavy (non-hydrogen) atoms. The Balaban J connectivity index is 1.41. The molecule has 3 atom stereocenters. The number of piperidine rings is 1. The lowest BCUT2D eigenvalue weighted by Gasteiger charge is -2.51. The van der Waals surface area contributed by atoms with Crippen LogP contribution in [0.2, 0.25) is 0 Å². The predicted octanol–water partition coefficient (Wildman–Crippen LogP) is 4.85. The van der Waals surface area contributed by atoms with Crippen LogP contribution in [0.4, 0.5) is 0 Å². The molecule has 1 aliphatic heterocycles. The van der Waals surface area contributed by atoms with Crippen LogP contribution in [-0.4, -0.2) is 52.9 Å². The highest BCUT2D eigenvalue weighted by Gasteiger charge is 2.54. The van der Waals surface area contributed by atoms with Crippen LogP contribution >= 0.6 is 0 Å². The zero-order valence-electron chi connectivity index (χ0n) is 22.7. The Hall–Kier alpha value is -3.48. The van der Waals surface area contributed by atoms with Gasteiger partial charge in [0.2, 0.25) is 5.91 Å². The van der Waals surface area contributed by atoms with E-state index < -0.39 is 11.5 Å². The Kier molecular flexibility index (Phi) is 8.44. The number of methoxy groups -OCH3 is 1. The molecule has 5 rings (SSSR count). The van der Waals surface area contributed by atoms with Crippen LogP contribution < -0.4 is 4.74 Å². The van der Waals surface area contributed by atoms with Crippen molar-refractivity contribution in [3.05, 3.63) is 102 Å².